The van der Waals surface area contributed by atoms with Crippen molar-refractivity contribution in [2.24, 2.45) is 0 Å². The van der Waals surface area contributed by atoms with Gasteiger partial charge in [-0.15, -0.1) is 10.2 Å². The first-order valence-corrected chi connectivity index (χ1v) is 11.6. The number of halogens is 1. The van der Waals surface area contributed by atoms with E-state index in [0.29, 0.717) is 21.7 Å². The zero-order valence-electron chi connectivity index (χ0n) is 17.4. The number of ether oxygens (including phenoxy) is 1. The van der Waals surface area contributed by atoms with Crippen LogP contribution in [-0.2, 0) is 11.4 Å². The van der Waals surface area contributed by atoms with Crippen LogP contribution in [0.15, 0.2) is 90.1 Å². The number of aromatic nitrogens is 3. The molecule has 3 aromatic carbocycles. The molecule has 5 rings (SSSR count). The highest BCUT2D eigenvalue weighted by Crippen LogP contribution is 2.38. The molecule has 0 aliphatic carbocycles. The molecule has 1 aliphatic heterocycles. The van der Waals surface area contributed by atoms with E-state index in [9.17, 15) is 4.79 Å². The van der Waals surface area contributed by atoms with Gasteiger partial charge in [0, 0.05) is 0 Å². The van der Waals surface area contributed by atoms with E-state index in [1.54, 1.807) is 16.8 Å². The summed E-state index contributed by atoms with van der Waals surface area (Å²) in [4.78, 5) is 13.3. The lowest BCUT2D eigenvalue weighted by Gasteiger charge is -2.33. The molecule has 33 heavy (non-hydrogen) atoms. The van der Waals surface area contributed by atoms with Gasteiger partial charge in [0.2, 0.25) is 11.1 Å². The molecule has 0 bridgehead atoms. The number of hydrogen-bond donors (Lipinski definition) is 2. The van der Waals surface area contributed by atoms with Crippen LogP contribution in [0.1, 0.15) is 17.4 Å². The van der Waals surface area contributed by atoms with Crippen molar-refractivity contribution in [2.75, 3.05) is 10.7 Å². The third-order valence-electron chi connectivity index (χ3n) is 5.16. The summed E-state index contributed by atoms with van der Waals surface area (Å²) in [6.45, 7) is 0.239. The van der Waals surface area contributed by atoms with Gasteiger partial charge in [0.15, 0.2) is 5.82 Å². The Labute approximate surface area is 200 Å². The molecule has 9 heteroatoms. The Morgan fingerprint density at radius 3 is 2.45 bits per heavy atom. The van der Waals surface area contributed by atoms with Gasteiger partial charge in [-0.1, -0.05) is 84.0 Å². The minimum absolute atomic E-state index is 0.175. The van der Waals surface area contributed by atoms with Gasteiger partial charge in [-0.2, -0.15) is 0 Å². The van der Waals surface area contributed by atoms with Gasteiger partial charge in [-0.05, 0) is 29.8 Å². The third kappa shape index (κ3) is 4.67. The molecule has 0 spiro atoms. The Bertz CT molecular complexity index is 1250. The summed E-state index contributed by atoms with van der Waals surface area (Å²) in [7, 11) is 0. The highest BCUT2D eigenvalue weighted by Gasteiger charge is 2.38. The fourth-order valence-electron chi connectivity index (χ4n) is 3.53. The summed E-state index contributed by atoms with van der Waals surface area (Å²) in [5.41, 5.74) is 4.97. The average Bonchev–Trinajstić information content (AvgIpc) is 3.26. The van der Waals surface area contributed by atoms with E-state index in [-0.39, 0.29) is 18.6 Å². The van der Waals surface area contributed by atoms with Crippen LogP contribution >= 0.6 is 23.4 Å². The normalized spacial score (nSPS) is 17.0. The van der Waals surface area contributed by atoms with Crippen molar-refractivity contribution in [1.29, 1.82) is 0 Å². The molecule has 166 valence electrons. The van der Waals surface area contributed by atoms with Gasteiger partial charge in [-0.3, -0.25) is 4.79 Å². The molecule has 2 atom stereocenters. The third-order valence-corrected chi connectivity index (χ3v) is 6.71. The molecule has 0 saturated heterocycles. The molecule has 0 unspecified atom stereocenters. The van der Waals surface area contributed by atoms with E-state index in [1.165, 1.54) is 11.8 Å². The molecule has 4 aromatic rings. The molecular formula is C24H20ClN5O2S. The zero-order valence-corrected chi connectivity index (χ0v) is 19.0. The number of hydrogen-bond acceptors (Lipinski definition) is 6. The number of carbonyl (C=O) groups excluding carboxylic acids is 1. The van der Waals surface area contributed by atoms with Crippen molar-refractivity contribution < 1.29 is 9.53 Å². The molecule has 0 saturated carbocycles. The Morgan fingerprint density at radius 2 is 1.70 bits per heavy atom. The quantitative estimate of drug-likeness (QED) is 0.410. The molecule has 2 heterocycles. The fourth-order valence-corrected chi connectivity index (χ4v) is 4.82. The van der Waals surface area contributed by atoms with Gasteiger partial charge in [-0.25, -0.2) is 4.68 Å². The predicted octanol–water partition coefficient (Wildman–Crippen LogP) is 4.91. The molecule has 2 N–H and O–H groups in total. The first kappa shape index (κ1) is 21.4. The molecule has 7 nitrogen and oxygen atoms in total. The maximum Gasteiger partial charge on any atom is 0.240 e. The van der Waals surface area contributed by atoms with Crippen LogP contribution < -0.4 is 15.5 Å². The number of rotatable bonds is 6. The summed E-state index contributed by atoms with van der Waals surface area (Å²) < 4.78 is 7.65. The second-order valence-corrected chi connectivity index (χ2v) is 8.88. The number of thioether (sulfide) groups is 1. The van der Waals surface area contributed by atoms with Gasteiger partial charge in [0.1, 0.15) is 17.6 Å². The Balaban J connectivity index is 1.41. The van der Waals surface area contributed by atoms with Crippen LogP contribution in [0.5, 0.6) is 5.75 Å². The molecular weight excluding hydrogens is 458 g/mol. The summed E-state index contributed by atoms with van der Waals surface area (Å²) >= 11 is 7.60. The largest absolute Gasteiger partial charge is 0.486 e. The number of anilines is 1. The highest BCUT2D eigenvalue weighted by molar-refractivity contribution is 8.00. The lowest BCUT2D eigenvalue weighted by Crippen LogP contribution is -2.41. The maximum absolute atomic E-state index is 13.3. The standard InChI is InChI=1S/C24H20ClN5O2S/c25-18-13-7-8-14-19(18)26-23(31)22-21(16-9-3-1-4-10-16)29-30-20(27-28-24(30)33-22)15-32-17-11-5-2-6-12-17/h1-14,21-22,29H,15H2,(H,26,31)/t21-,22+/m0/s1. The molecule has 0 radical (unpaired) electrons. The second-order valence-electron chi connectivity index (χ2n) is 7.36. The lowest BCUT2D eigenvalue weighted by molar-refractivity contribution is -0.116. The van der Waals surface area contributed by atoms with Gasteiger partial charge in [0.05, 0.1) is 16.8 Å². The van der Waals surface area contributed by atoms with E-state index < -0.39 is 5.25 Å². The van der Waals surface area contributed by atoms with Crippen LogP contribution in [0.2, 0.25) is 5.02 Å². The van der Waals surface area contributed by atoms with Crippen LogP contribution in [0.4, 0.5) is 5.69 Å². The van der Waals surface area contributed by atoms with Crippen LogP contribution in [0.3, 0.4) is 0 Å². The van der Waals surface area contributed by atoms with E-state index in [4.69, 9.17) is 16.3 Å². The van der Waals surface area contributed by atoms with Crippen LogP contribution in [-0.4, -0.2) is 26.0 Å². The van der Waals surface area contributed by atoms with Crippen molar-refractivity contribution in [2.45, 2.75) is 23.1 Å². The number of fused-ring (bicyclic) bond motifs is 1. The SMILES string of the molecule is O=C(Nc1ccccc1Cl)[C@@H]1Sc2nnc(COc3ccccc3)n2N[C@H]1c1ccccc1. The second kappa shape index (κ2) is 9.56. The Hall–Kier alpha value is -3.49. The van der Waals surface area contributed by atoms with Gasteiger partial charge >= 0.3 is 0 Å². The summed E-state index contributed by atoms with van der Waals surface area (Å²) in [6, 6.07) is 26.2. The van der Waals surface area contributed by atoms with Crippen LogP contribution in [0, 0.1) is 0 Å². The predicted molar refractivity (Wildman–Crippen MR) is 129 cm³/mol. The Morgan fingerprint density at radius 1 is 1.00 bits per heavy atom. The van der Waals surface area contributed by atoms with Crippen molar-refractivity contribution in [3.05, 3.63) is 101 Å². The molecule has 1 aromatic heterocycles. The van der Waals surface area contributed by atoms with E-state index >= 15 is 0 Å². The summed E-state index contributed by atoms with van der Waals surface area (Å²) in [5, 5.41) is 12.1. The van der Waals surface area contributed by atoms with Gasteiger partial charge < -0.3 is 15.5 Å². The molecule has 1 amide bonds. The van der Waals surface area contributed by atoms with E-state index in [0.717, 1.165) is 11.3 Å². The van der Waals surface area contributed by atoms with Crippen molar-refractivity contribution >= 4 is 35.0 Å². The molecule has 1 aliphatic rings. The van der Waals surface area contributed by atoms with Crippen molar-refractivity contribution in [3.8, 4) is 5.75 Å². The van der Waals surface area contributed by atoms with Gasteiger partial charge in [0.25, 0.3) is 0 Å². The van der Waals surface area contributed by atoms with Crippen molar-refractivity contribution in [3.63, 3.8) is 0 Å². The minimum Gasteiger partial charge on any atom is -0.486 e. The molecule has 0 fully saturated rings. The minimum atomic E-state index is -0.497. The highest BCUT2D eigenvalue weighted by atomic mass is 35.5. The number of amides is 1. The van der Waals surface area contributed by atoms with Crippen molar-refractivity contribution in [1.82, 2.24) is 14.9 Å². The summed E-state index contributed by atoms with van der Waals surface area (Å²) in [5.74, 6) is 1.19. The van der Waals surface area contributed by atoms with E-state index in [1.807, 2.05) is 72.8 Å². The Kier molecular flexibility index (Phi) is 6.19. The smallest absolute Gasteiger partial charge is 0.240 e. The number of nitrogens with one attached hydrogen (secondary N) is 2. The summed E-state index contributed by atoms with van der Waals surface area (Å²) in [6.07, 6.45) is 0. The average molecular weight is 478 g/mol. The zero-order chi connectivity index (χ0) is 22.6. The number of para-hydroxylation sites is 2. The maximum atomic E-state index is 13.3. The monoisotopic (exact) mass is 477 g/mol. The lowest BCUT2D eigenvalue weighted by atomic mass is 10.0. The number of benzene rings is 3. The first-order chi connectivity index (χ1) is 16.2. The van der Waals surface area contributed by atoms with E-state index in [2.05, 4.69) is 20.9 Å². The number of nitrogens with zero attached hydrogens (tertiary/aromatic N) is 3. The fraction of sp³-hybridized carbons (Fsp3) is 0.125. The first-order valence-electron chi connectivity index (χ1n) is 10.3. The topological polar surface area (TPSA) is 81.1 Å². The number of carbonyl (C=O) groups is 1. The van der Waals surface area contributed by atoms with Crippen LogP contribution in [0.25, 0.3) is 0 Å².